The highest BCUT2D eigenvalue weighted by Crippen LogP contribution is 2.19. The maximum atomic E-state index is 11.5. The monoisotopic (exact) mass is 618 g/mol. The van der Waals surface area contributed by atoms with Crippen LogP contribution in [0.1, 0.15) is 32.1 Å². The lowest BCUT2D eigenvalue weighted by atomic mass is 10.2. The zero-order valence-corrected chi connectivity index (χ0v) is 24.1. The normalized spacial score (nSPS) is 9.79. The van der Waals surface area contributed by atoms with Gasteiger partial charge in [0.1, 0.15) is 23.9 Å². The Kier molecular flexibility index (Phi) is 13.1. The molecule has 0 atom stereocenters. The number of rotatable bonds is 9. The van der Waals surface area contributed by atoms with E-state index in [0.717, 1.165) is 37.3 Å². The van der Waals surface area contributed by atoms with Gasteiger partial charge >= 0.3 is 23.3 Å². The average molecular weight is 619 g/mol. The number of nitrogens with one attached hydrogen (secondary N) is 1. The number of alkyl halides is 1. The number of hydrogen-bond acceptors (Lipinski definition) is 12. The van der Waals surface area contributed by atoms with Gasteiger partial charge in [0.2, 0.25) is 11.4 Å². The molecule has 0 aliphatic carbocycles. The molecular formula is C26H27ClN6O10. The van der Waals surface area contributed by atoms with Gasteiger partial charge in [0.05, 0.1) is 44.8 Å². The number of aromatic amines is 1. The minimum atomic E-state index is -0.838. The molecule has 0 aliphatic rings. The summed E-state index contributed by atoms with van der Waals surface area (Å²) in [5, 5.41) is 30.6. The van der Waals surface area contributed by atoms with Crippen LogP contribution in [0.5, 0.6) is 11.5 Å². The second-order valence-corrected chi connectivity index (χ2v) is 8.29. The van der Waals surface area contributed by atoms with Gasteiger partial charge in [0, 0.05) is 5.88 Å². The predicted octanol–water partition coefficient (Wildman–Crippen LogP) is 4.17. The number of esters is 2. The van der Waals surface area contributed by atoms with E-state index in [2.05, 4.69) is 24.8 Å². The standard InChI is InChI=1S/C13H13N3O5.C8H9ClO.C5H5N3O4/c1-20-10-5-3-9(4-6-10)7-15-8-11(16(18)19)12(14-15)13(17)21-2;1-10-8-4-2-7(6-9)3-5-8;1-12-5(9)4-3(8(10)11)2-6-7-4/h3-6,8H,7H2,1-2H3;2-5H,6H2,1H3;2H,1H3,(H,6,7). The fraction of sp³-hybridized carbons (Fsp3) is 0.231. The molecule has 17 heteroatoms. The summed E-state index contributed by atoms with van der Waals surface area (Å²) in [4.78, 5) is 42.1. The van der Waals surface area contributed by atoms with Gasteiger partial charge in [0.15, 0.2) is 0 Å². The first-order chi connectivity index (χ1) is 20.6. The highest BCUT2D eigenvalue weighted by molar-refractivity contribution is 6.17. The third kappa shape index (κ3) is 9.82. The third-order valence-electron chi connectivity index (χ3n) is 5.34. The summed E-state index contributed by atoms with van der Waals surface area (Å²) in [5.74, 6) is 0.493. The van der Waals surface area contributed by atoms with Gasteiger partial charge in [-0.2, -0.15) is 10.2 Å². The summed E-state index contributed by atoms with van der Waals surface area (Å²) in [6, 6.07) is 14.9. The van der Waals surface area contributed by atoms with Crippen LogP contribution >= 0.6 is 11.6 Å². The number of methoxy groups -OCH3 is 4. The van der Waals surface area contributed by atoms with Gasteiger partial charge in [-0.1, -0.05) is 24.3 Å². The molecule has 0 aliphatic heterocycles. The van der Waals surface area contributed by atoms with Crippen molar-refractivity contribution in [2.75, 3.05) is 28.4 Å². The summed E-state index contributed by atoms with van der Waals surface area (Å²) in [6.45, 7) is 0.293. The first-order valence-electron chi connectivity index (χ1n) is 12.0. The van der Waals surface area contributed by atoms with Crippen LogP contribution in [0.3, 0.4) is 0 Å². The molecule has 0 saturated heterocycles. The average Bonchev–Trinajstić information content (AvgIpc) is 3.70. The van der Waals surface area contributed by atoms with Crippen LogP contribution in [-0.2, 0) is 21.9 Å². The minimum Gasteiger partial charge on any atom is -0.497 e. The molecule has 2 aromatic carbocycles. The van der Waals surface area contributed by atoms with Gasteiger partial charge in [-0.3, -0.25) is 30.0 Å². The number of H-pyrrole nitrogens is 1. The van der Waals surface area contributed by atoms with E-state index in [1.807, 2.05) is 36.4 Å². The molecule has 0 fully saturated rings. The number of carbonyl (C=O) groups is 2. The van der Waals surface area contributed by atoms with E-state index in [0.29, 0.717) is 18.2 Å². The summed E-state index contributed by atoms with van der Waals surface area (Å²) in [6.07, 6.45) is 2.16. The molecule has 228 valence electrons. The van der Waals surface area contributed by atoms with E-state index in [1.165, 1.54) is 10.9 Å². The zero-order valence-electron chi connectivity index (χ0n) is 23.4. The number of aromatic nitrogens is 4. The molecule has 0 saturated carbocycles. The molecule has 1 N–H and O–H groups in total. The fourth-order valence-electron chi connectivity index (χ4n) is 3.17. The second-order valence-electron chi connectivity index (χ2n) is 8.02. The van der Waals surface area contributed by atoms with Crippen molar-refractivity contribution < 1.29 is 38.4 Å². The third-order valence-corrected chi connectivity index (χ3v) is 5.65. The Hall–Kier alpha value is -5.51. The number of ether oxygens (including phenoxy) is 4. The van der Waals surface area contributed by atoms with Gasteiger partial charge < -0.3 is 18.9 Å². The molecule has 2 aromatic heterocycles. The van der Waals surface area contributed by atoms with Crippen molar-refractivity contribution in [1.29, 1.82) is 0 Å². The highest BCUT2D eigenvalue weighted by Gasteiger charge is 2.26. The Balaban J connectivity index is 0.000000248. The molecule has 0 unspecified atom stereocenters. The Morgan fingerprint density at radius 3 is 1.79 bits per heavy atom. The van der Waals surface area contributed by atoms with E-state index < -0.39 is 21.8 Å². The number of nitro groups is 2. The number of hydrogen-bond donors (Lipinski definition) is 1. The molecule has 4 rings (SSSR count). The van der Waals surface area contributed by atoms with E-state index in [4.69, 9.17) is 21.1 Å². The van der Waals surface area contributed by atoms with Crippen molar-refractivity contribution in [3.63, 3.8) is 0 Å². The van der Waals surface area contributed by atoms with Crippen LogP contribution < -0.4 is 9.47 Å². The van der Waals surface area contributed by atoms with Crippen LogP contribution in [0.2, 0.25) is 0 Å². The van der Waals surface area contributed by atoms with Crippen molar-refractivity contribution in [2.45, 2.75) is 12.4 Å². The first-order valence-corrected chi connectivity index (χ1v) is 12.5. The van der Waals surface area contributed by atoms with Gasteiger partial charge in [-0.25, -0.2) is 9.59 Å². The van der Waals surface area contributed by atoms with E-state index in [9.17, 15) is 29.8 Å². The van der Waals surface area contributed by atoms with E-state index in [-0.39, 0.29) is 22.8 Å². The summed E-state index contributed by atoms with van der Waals surface area (Å²) in [5.41, 5.74) is 0.655. The SMILES string of the molecule is COC(=O)c1[nH]ncc1[N+](=O)[O-].COC(=O)c1nn(Cc2ccc(OC)cc2)cc1[N+](=O)[O-].COc1ccc(CCl)cc1. The number of nitrogens with zero attached hydrogens (tertiary/aromatic N) is 5. The molecule has 0 spiro atoms. The first kappa shape index (κ1) is 33.7. The molecule has 43 heavy (non-hydrogen) atoms. The topological polar surface area (TPSA) is 204 Å². The molecule has 0 amide bonds. The summed E-state index contributed by atoms with van der Waals surface area (Å²) >= 11 is 5.58. The Morgan fingerprint density at radius 1 is 0.837 bits per heavy atom. The molecule has 0 radical (unpaired) electrons. The molecule has 2 heterocycles. The van der Waals surface area contributed by atoms with Crippen molar-refractivity contribution in [2.24, 2.45) is 0 Å². The van der Waals surface area contributed by atoms with E-state index >= 15 is 0 Å². The zero-order chi connectivity index (χ0) is 31.9. The quantitative estimate of drug-likeness (QED) is 0.121. The lowest BCUT2D eigenvalue weighted by molar-refractivity contribution is -0.385. The van der Waals surface area contributed by atoms with Gasteiger partial charge in [0.25, 0.3) is 0 Å². The molecule has 16 nitrogen and oxygen atoms in total. The van der Waals surface area contributed by atoms with Crippen molar-refractivity contribution in [1.82, 2.24) is 20.0 Å². The summed E-state index contributed by atoms with van der Waals surface area (Å²) < 4.78 is 20.1. The lowest BCUT2D eigenvalue weighted by Crippen LogP contribution is -2.07. The Bertz CT molecular complexity index is 1500. The smallest absolute Gasteiger partial charge is 0.365 e. The van der Waals surface area contributed by atoms with Gasteiger partial charge in [-0.15, -0.1) is 11.6 Å². The molecule has 0 bridgehead atoms. The number of halogens is 1. The van der Waals surface area contributed by atoms with E-state index in [1.54, 1.807) is 26.4 Å². The van der Waals surface area contributed by atoms with Crippen LogP contribution in [0.4, 0.5) is 11.4 Å². The second kappa shape index (κ2) is 16.7. The maximum absolute atomic E-state index is 11.5. The maximum Gasteiger partial charge on any atom is 0.365 e. The highest BCUT2D eigenvalue weighted by atomic mass is 35.5. The van der Waals surface area contributed by atoms with Crippen LogP contribution in [0, 0.1) is 20.2 Å². The number of carbonyl (C=O) groups excluding carboxylic acids is 2. The van der Waals surface area contributed by atoms with Crippen molar-refractivity contribution in [3.8, 4) is 11.5 Å². The largest absolute Gasteiger partial charge is 0.497 e. The van der Waals surface area contributed by atoms with Crippen LogP contribution in [-0.4, -0.2) is 70.2 Å². The summed E-state index contributed by atoms with van der Waals surface area (Å²) in [7, 11) is 5.49. The van der Waals surface area contributed by atoms with Crippen LogP contribution in [0.25, 0.3) is 0 Å². The Labute approximate surface area is 249 Å². The van der Waals surface area contributed by atoms with Crippen molar-refractivity contribution >= 4 is 34.9 Å². The lowest BCUT2D eigenvalue weighted by Gasteiger charge is -2.03. The van der Waals surface area contributed by atoms with Crippen molar-refractivity contribution in [3.05, 3.63) is 104 Å². The van der Waals surface area contributed by atoms with Gasteiger partial charge in [-0.05, 0) is 35.4 Å². The molecule has 4 aromatic rings. The Morgan fingerprint density at radius 2 is 1.35 bits per heavy atom. The van der Waals surface area contributed by atoms with Crippen LogP contribution in [0.15, 0.2) is 60.9 Å². The fourth-order valence-corrected chi connectivity index (χ4v) is 3.35. The predicted molar refractivity (Wildman–Crippen MR) is 151 cm³/mol. The minimum absolute atomic E-state index is 0.248. The number of benzene rings is 2. The molecular weight excluding hydrogens is 592 g/mol.